The number of thioether (sulfide) groups is 1. The Bertz CT molecular complexity index is 515. The van der Waals surface area contributed by atoms with Crippen molar-refractivity contribution < 1.29 is 13.2 Å². The molecule has 7 heteroatoms. The van der Waals surface area contributed by atoms with E-state index in [-0.39, 0.29) is 5.75 Å². The zero-order chi connectivity index (χ0) is 13.7. The zero-order valence-electron chi connectivity index (χ0n) is 9.87. The van der Waals surface area contributed by atoms with E-state index in [4.69, 9.17) is 4.42 Å². The average molecular weight is 368 g/mol. The minimum Gasteiger partial charge on any atom is -0.464 e. The molecule has 19 heavy (non-hydrogen) atoms. The molecule has 0 radical (unpaired) electrons. The van der Waals surface area contributed by atoms with Crippen LogP contribution in [0.3, 0.4) is 0 Å². The smallest absolute Gasteiger partial charge is 0.284 e. The van der Waals surface area contributed by atoms with Crippen LogP contribution >= 0.6 is 39.0 Å². The molecule has 0 amide bonds. The van der Waals surface area contributed by atoms with Gasteiger partial charge in [0.2, 0.25) is 0 Å². The maximum atomic E-state index is 12.0. The third-order valence-electron chi connectivity index (χ3n) is 2.34. The van der Waals surface area contributed by atoms with Crippen molar-refractivity contribution in [3.8, 4) is 0 Å². The largest absolute Gasteiger partial charge is 0.464 e. The molecule has 0 aromatic carbocycles. The van der Waals surface area contributed by atoms with Crippen LogP contribution in [0.1, 0.15) is 16.4 Å². The summed E-state index contributed by atoms with van der Waals surface area (Å²) in [6, 6.07) is 5.57. The van der Waals surface area contributed by atoms with Gasteiger partial charge in [-0.05, 0) is 39.5 Å². The fourth-order valence-corrected chi connectivity index (χ4v) is 3.40. The normalized spacial score (nSPS) is 11.4. The summed E-state index contributed by atoms with van der Waals surface area (Å²) in [4.78, 5) is 1.22. The van der Waals surface area contributed by atoms with E-state index in [2.05, 4.69) is 21.2 Å². The summed E-state index contributed by atoms with van der Waals surface area (Å²) in [6.45, 7) is 1.34. The van der Waals surface area contributed by atoms with Crippen molar-refractivity contribution in [1.29, 1.82) is 0 Å². The molecule has 2 nitrogen and oxygen atoms in total. The molecular weight excluding hydrogens is 356 g/mol. The zero-order valence-corrected chi connectivity index (χ0v) is 13.1. The lowest BCUT2D eigenvalue weighted by atomic mass is 10.4. The van der Waals surface area contributed by atoms with Crippen LogP contribution in [0.15, 0.2) is 32.5 Å². The second kappa shape index (κ2) is 7.42. The van der Waals surface area contributed by atoms with Crippen LogP contribution in [-0.2, 0) is 18.8 Å². The van der Waals surface area contributed by atoms with Crippen LogP contribution in [0.4, 0.5) is 8.78 Å². The lowest BCUT2D eigenvalue weighted by molar-refractivity contribution is 0.251. The summed E-state index contributed by atoms with van der Waals surface area (Å²) in [6.07, 6.45) is 0. The Morgan fingerprint density at radius 2 is 2.05 bits per heavy atom. The maximum Gasteiger partial charge on any atom is 0.284 e. The van der Waals surface area contributed by atoms with Crippen LogP contribution < -0.4 is 5.32 Å². The Kier molecular flexibility index (Phi) is 5.87. The van der Waals surface area contributed by atoms with E-state index >= 15 is 0 Å². The molecule has 104 valence electrons. The summed E-state index contributed by atoms with van der Waals surface area (Å²) in [5.74, 6) is -0.812. The molecule has 0 aliphatic carbocycles. The minimum absolute atomic E-state index is 0.203. The van der Waals surface area contributed by atoms with Crippen molar-refractivity contribution in [3.05, 3.63) is 44.4 Å². The van der Waals surface area contributed by atoms with Crippen LogP contribution in [0.25, 0.3) is 0 Å². The van der Waals surface area contributed by atoms with Gasteiger partial charge in [0.15, 0.2) is 0 Å². The van der Waals surface area contributed by atoms with Crippen LogP contribution in [-0.4, -0.2) is 5.76 Å². The number of nitrogens with one attached hydrogen (secondary N) is 1. The molecule has 0 aliphatic rings. The highest BCUT2D eigenvalue weighted by molar-refractivity contribution is 9.10. The first-order chi connectivity index (χ1) is 9.15. The number of halogens is 3. The van der Waals surface area contributed by atoms with E-state index in [1.807, 2.05) is 17.5 Å². The van der Waals surface area contributed by atoms with Crippen molar-refractivity contribution in [2.45, 2.75) is 24.6 Å². The van der Waals surface area contributed by atoms with Gasteiger partial charge in [0.1, 0.15) is 11.5 Å². The van der Waals surface area contributed by atoms with Crippen molar-refractivity contribution >= 4 is 39.0 Å². The summed E-state index contributed by atoms with van der Waals surface area (Å²) < 4.78 is 30.6. The molecule has 0 atom stereocenters. The molecule has 1 N–H and O–H groups in total. The second-order valence-corrected chi connectivity index (χ2v) is 6.57. The lowest BCUT2D eigenvalue weighted by Crippen LogP contribution is -2.11. The van der Waals surface area contributed by atoms with E-state index in [0.29, 0.717) is 24.1 Å². The number of hydrogen-bond donors (Lipinski definition) is 1. The van der Waals surface area contributed by atoms with Gasteiger partial charge in [-0.3, -0.25) is 0 Å². The van der Waals surface area contributed by atoms with Gasteiger partial charge in [-0.25, -0.2) is 0 Å². The molecule has 0 unspecified atom stereocenters. The van der Waals surface area contributed by atoms with Crippen molar-refractivity contribution in [2.24, 2.45) is 0 Å². The molecule has 0 fully saturated rings. The Hall–Kier alpha value is -0.370. The molecule has 0 aliphatic heterocycles. The Balaban J connectivity index is 1.76. The van der Waals surface area contributed by atoms with Crippen LogP contribution in [0, 0.1) is 0 Å². The quantitative estimate of drug-likeness (QED) is 0.757. The van der Waals surface area contributed by atoms with Gasteiger partial charge in [0.25, 0.3) is 5.76 Å². The van der Waals surface area contributed by atoms with E-state index in [0.717, 1.165) is 16.8 Å². The SMILES string of the molecule is FC(F)SCc1ccc(CNCc2sccc2Br)o1. The fraction of sp³-hybridized carbons (Fsp3) is 0.333. The highest BCUT2D eigenvalue weighted by Gasteiger charge is 2.07. The number of thiophene rings is 1. The summed E-state index contributed by atoms with van der Waals surface area (Å²) in [7, 11) is 0. The monoisotopic (exact) mass is 367 g/mol. The third kappa shape index (κ3) is 4.91. The second-order valence-electron chi connectivity index (χ2n) is 3.73. The van der Waals surface area contributed by atoms with Gasteiger partial charge in [0.05, 0.1) is 12.3 Å². The Labute approximate surface area is 126 Å². The van der Waals surface area contributed by atoms with Crippen molar-refractivity contribution in [2.75, 3.05) is 0 Å². The van der Waals surface area contributed by atoms with Crippen molar-refractivity contribution in [1.82, 2.24) is 5.32 Å². The van der Waals surface area contributed by atoms with Crippen LogP contribution in [0.5, 0.6) is 0 Å². The molecule has 0 bridgehead atoms. The van der Waals surface area contributed by atoms with E-state index in [9.17, 15) is 8.78 Å². The maximum absolute atomic E-state index is 12.0. The summed E-state index contributed by atoms with van der Waals surface area (Å²) in [5, 5.41) is 5.28. The first kappa shape index (κ1) is 15.0. The van der Waals surface area contributed by atoms with Crippen LogP contribution in [0.2, 0.25) is 0 Å². The first-order valence-electron chi connectivity index (χ1n) is 5.55. The number of furan rings is 1. The van der Waals surface area contributed by atoms with Gasteiger partial charge in [-0.1, -0.05) is 11.8 Å². The minimum atomic E-state index is -2.36. The highest BCUT2D eigenvalue weighted by Crippen LogP contribution is 2.23. The molecule has 0 saturated heterocycles. The standard InChI is InChI=1S/C12H12BrF2NOS2/c13-10-3-4-18-11(10)6-16-5-8-1-2-9(17-8)7-19-12(14)15/h1-4,12,16H,5-7H2. The van der Waals surface area contributed by atoms with E-state index in [1.165, 1.54) is 4.88 Å². The highest BCUT2D eigenvalue weighted by atomic mass is 79.9. The van der Waals surface area contributed by atoms with Crippen molar-refractivity contribution in [3.63, 3.8) is 0 Å². The average Bonchev–Trinajstić information content (AvgIpc) is 2.97. The number of alkyl halides is 2. The predicted octanol–water partition coefficient (Wildman–Crippen LogP) is 4.85. The fourth-order valence-electron chi connectivity index (χ4n) is 1.49. The molecule has 2 aromatic heterocycles. The lowest BCUT2D eigenvalue weighted by Gasteiger charge is -2.01. The van der Waals surface area contributed by atoms with Gasteiger partial charge in [-0.15, -0.1) is 11.3 Å². The van der Waals surface area contributed by atoms with Gasteiger partial charge < -0.3 is 9.73 Å². The van der Waals surface area contributed by atoms with E-state index < -0.39 is 5.76 Å². The molecule has 0 spiro atoms. The third-order valence-corrected chi connectivity index (χ3v) is 4.97. The Morgan fingerprint density at radius 1 is 1.26 bits per heavy atom. The molecule has 2 aromatic rings. The Morgan fingerprint density at radius 3 is 2.74 bits per heavy atom. The van der Waals surface area contributed by atoms with E-state index in [1.54, 1.807) is 17.4 Å². The van der Waals surface area contributed by atoms with Gasteiger partial charge in [0, 0.05) is 15.9 Å². The molecular formula is C12H12BrF2NOS2. The molecule has 0 saturated carbocycles. The summed E-state index contributed by atoms with van der Waals surface area (Å²) in [5.41, 5.74) is 0. The first-order valence-corrected chi connectivity index (χ1v) is 8.27. The van der Waals surface area contributed by atoms with Gasteiger partial charge >= 0.3 is 0 Å². The molecule has 2 rings (SSSR count). The predicted molar refractivity (Wildman–Crippen MR) is 78.6 cm³/mol. The molecule has 2 heterocycles. The summed E-state index contributed by atoms with van der Waals surface area (Å²) >= 11 is 5.71. The number of rotatable bonds is 7. The number of hydrogen-bond acceptors (Lipinski definition) is 4. The van der Waals surface area contributed by atoms with Gasteiger partial charge in [-0.2, -0.15) is 8.78 Å². The topological polar surface area (TPSA) is 25.2 Å².